The van der Waals surface area contributed by atoms with Crippen molar-refractivity contribution in [2.75, 3.05) is 12.4 Å². The molecule has 0 aliphatic heterocycles. The predicted octanol–water partition coefficient (Wildman–Crippen LogP) is 3.27. The van der Waals surface area contributed by atoms with Crippen LogP contribution in [0.5, 0.6) is 0 Å². The van der Waals surface area contributed by atoms with Crippen LogP contribution in [0.15, 0.2) is 72.1 Å². The van der Waals surface area contributed by atoms with Gasteiger partial charge in [-0.25, -0.2) is 21.8 Å². The predicted molar refractivity (Wildman–Crippen MR) is 109 cm³/mol. The number of anilines is 2. The molecule has 0 bridgehead atoms. The van der Waals surface area contributed by atoms with Crippen LogP contribution in [0.25, 0.3) is 10.9 Å². The molecule has 3 aromatic heterocycles. The van der Waals surface area contributed by atoms with Crippen molar-refractivity contribution in [3.05, 3.63) is 78.6 Å². The van der Waals surface area contributed by atoms with E-state index in [4.69, 9.17) is 0 Å². The third-order valence-electron chi connectivity index (χ3n) is 4.43. The summed E-state index contributed by atoms with van der Waals surface area (Å²) in [6, 6.07) is 11.1. The second-order valence-electron chi connectivity index (χ2n) is 6.37. The van der Waals surface area contributed by atoms with Crippen LogP contribution < -0.4 is 10.6 Å². The zero-order valence-corrected chi connectivity index (χ0v) is 16.3. The van der Waals surface area contributed by atoms with E-state index < -0.39 is 15.8 Å². The number of nitrogens with one attached hydrogen (secondary N) is 2. The standard InChI is InChI=1S/C20H18FN5O2S/c1-22-11-14-13-26(29(27,28)16-4-2-8-23-12-16)19-10-15(6-7-17(14)19)25-20-18(21)5-3-9-24-20/h2-10,12-13,22H,11H2,1H3,(H,24,25). The Morgan fingerprint density at radius 2 is 1.97 bits per heavy atom. The number of hydrogen-bond donors (Lipinski definition) is 2. The minimum absolute atomic E-state index is 0.0653. The number of benzene rings is 1. The molecule has 0 saturated carbocycles. The Balaban J connectivity index is 1.86. The van der Waals surface area contributed by atoms with Gasteiger partial charge in [-0.1, -0.05) is 6.07 Å². The van der Waals surface area contributed by atoms with Crippen molar-refractivity contribution in [3.8, 4) is 0 Å². The van der Waals surface area contributed by atoms with E-state index in [-0.39, 0.29) is 10.7 Å². The summed E-state index contributed by atoms with van der Waals surface area (Å²) in [4.78, 5) is 7.98. The summed E-state index contributed by atoms with van der Waals surface area (Å²) < 4.78 is 41.6. The molecule has 0 amide bonds. The molecule has 4 aromatic rings. The smallest absolute Gasteiger partial charge is 0.269 e. The van der Waals surface area contributed by atoms with Gasteiger partial charge in [0.2, 0.25) is 0 Å². The number of halogens is 1. The molecule has 0 radical (unpaired) electrons. The molecule has 0 aliphatic carbocycles. The lowest BCUT2D eigenvalue weighted by Crippen LogP contribution is -2.12. The minimum Gasteiger partial charge on any atom is -0.338 e. The SMILES string of the molecule is CNCc1cn(S(=O)(=O)c2cccnc2)c2cc(Nc3ncccc3F)ccc12. The number of fused-ring (bicyclic) bond motifs is 1. The highest BCUT2D eigenvalue weighted by molar-refractivity contribution is 7.90. The van der Waals surface area contributed by atoms with Crippen LogP contribution in [0.3, 0.4) is 0 Å². The third-order valence-corrected chi connectivity index (χ3v) is 6.09. The quantitative estimate of drug-likeness (QED) is 0.506. The second kappa shape index (κ2) is 7.61. The molecule has 9 heteroatoms. The molecule has 0 unspecified atom stereocenters. The van der Waals surface area contributed by atoms with E-state index in [0.29, 0.717) is 17.7 Å². The van der Waals surface area contributed by atoms with E-state index in [1.807, 2.05) is 0 Å². The lowest BCUT2D eigenvalue weighted by molar-refractivity contribution is 0.588. The summed E-state index contributed by atoms with van der Waals surface area (Å²) in [5.41, 5.74) is 1.82. The molecule has 148 valence electrons. The maximum absolute atomic E-state index is 13.9. The fourth-order valence-electron chi connectivity index (χ4n) is 3.10. The first-order valence-electron chi connectivity index (χ1n) is 8.82. The van der Waals surface area contributed by atoms with Crippen molar-refractivity contribution >= 4 is 32.4 Å². The average molecular weight is 411 g/mol. The van der Waals surface area contributed by atoms with Gasteiger partial charge in [0.15, 0.2) is 11.6 Å². The molecule has 1 aromatic carbocycles. The third kappa shape index (κ3) is 3.57. The van der Waals surface area contributed by atoms with Crippen LogP contribution in [0.1, 0.15) is 5.56 Å². The molecule has 29 heavy (non-hydrogen) atoms. The Bertz CT molecular complexity index is 1270. The van der Waals surface area contributed by atoms with Crippen LogP contribution in [0, 0.1) is 5.82 Å². The van der Waals surface area contributed by atoms with Gasteiger partial charge < -0.3 is 10.6 Å². The number of hydrogen-bond acceptors (Lipinski definition) is 6. The fourth-order valence-corrected chi connectivity index (χ4v) is 4.45. The van der Waals surface area contributed by atoms with Crippen molar-refractivity contribution in [1.29, 1.82) is 0 Å². The first kappa shape index (κ1) is 19.0. The minimum atomic E-state index is -3.85. The molecular weight excluding hydrogens is 393 g/mol. The number of pyridine rings is 2. The van der Waals surface area contributed by atoms with Gasteiger partial charge in [-0.2, -0.15) is 0 Å². The molecule has 0 fully saturated rings. The molecule has 7 nitrogen and oxygen atoms in total. The van der Waals surface area contributed by atoms with Crippen molar-refractivity contribution in [2.24, 2.45) is 0 Å². The van der Waals surface area contributed by atoms with Crippen LogP contribution in [-0.2, 0) is 16.6 Å². The first-order chi connectivity index (χ1) is 14.0. The van der Waals surface area contributed by atoms with Crippen molar-refractivity contribution < 1.29 is 12.8 Å². The van der Waals surface area contributed by atoms with Crippen molar-refractivity contribution in [2.45, 2.75) is 11.4 Å². The summed E-state index contributed by atoms with van der Waals surface area (Å²) in [5, 5.41) is 6.73. The van der Waals surface area contributed by atoms with E-state index in [1.165, 1.54) is 40.8 Å². The zero-order valence-electron chi connectivity index (χ0n) is 15.5. The van der Waals surface area contributed by atoms with Gasteiger partial charge in [0, 0.05) is 42.4 Å². The second-order valence-corrected chi connectivity index (χ2v) is 8.18. The Hall–Kier alpha value is -3.30. The molecule has 0 aliphatic rings. The molecule has 0 spiro atoms. The summed E-state index contributed by atoms with van der Waals surface area (Å²) >= 11 is 0. The van der Waals surface area contributed by atoms with Gasteiger partial charge in [-0.15, -0.1) is 0 Å². The van der Waals surface area contributed by atoms with E-state index in [0.717, 1.165) is 10.9 Å². The normalized spacial score (nSPS) is 11.7. The lowest BCUT2D eigenvalue weighted by atomic mass is 10.1. The van der Waals surface area contributed by atoms with E-state index in [2.05, 4.69) is 20.6 Å². The lowest BCUT2D eigenvalue weighted by Gasteiger charge is -2.10. The number of rotatable bonds is 6. The van der Waals surface area contributed by atoms with Gasteiger partial charge in [-0.3, -0.25) is 4.98 Å². The molecule has 0 atom stereocenters. The van der Waals surface area contributed by atoms with Gasteiger partial charge in [0.25, 0.3) is 10.0 Å². The summed E-state index contributed by atoms with van der Waals surface area (Å²) in [6.45, 7) is 0.494. The topological polar surface area (TPSA) is 88.9 Å². The maximum Gasteiger partial charge on any atom is 0.269 e. The Kier molecular flexibility index (Phi) is 4.99. The zero-order chi connectivity index (χ0) is 20.4. The van der Waals surface area contributed by atoms with Crippen LogP contribution >= 0.6 is 0 Å². The summed E-state index contributed by atoms with van der Waals surface area (Å²) in [7, 11) is -2.06. The fraction of sp³-hybridized carbons (Fsp3) is 0.100. The molecular formula is C20H18FN5O2S. The molecule has 3 heterocycles. The van der Waals surface area contributed by atoms with E-state index in [1.54, 1.807) is 37.5 Å². The van der Waals surface area contributed by atoms with Gasteiger partial charge >= 0.3 is 0 Å². The van der Waals surface area contributed by atoms with Crippen LogP contribution in [-0.4, -0.2) is 29.4 Å². The molecule has 0 saturated heterocycles. The van der Waals surface area contributed by atoms with E-state index >= 15 is 0 Å². The molecule has 4 rings (SSSR count). The summed E-state index contributed by atoms with van der Waals surface area (Å²) in [6.07, 6.45) is 5.89. The number of nitrogens with zero attached hydrogens (tertiary/aromatic N) is 3. The first-order valence-corrected chi connectivity index (χ1v) is 10.3. The highest BCUT2D eigenvalue weighted by Crippen LogP contribution is 2.29. The molecule has 2 N–H and O–H groups in total. The maximum atomic E-state index is 13.9. The average Bonchev–Trinajstić information content (AvgIpc) is 3.09. The Morgan fingerprint density at radius 1 is 1.14 bits per heavy atom. The highest BCUT2D eigenvalue weighted by Gasteiger charge is 2.21. The van der Waals surface area contributed by atoms with Crippen LogP contribution in [0.2, 0.25) is 0 Å². The Labute approximate surface area is 167 Å². The van der Waals surface area contributed by atoms with Gasteiger partial charge in [0.05, 0.1) is 5.52 Å². The van der Waals surface area contributed by atoms with Crippen molar-refractivity contribution in [3.63, 3.8) is 0 Å². The van der Waals surface area contributed by atoms with E-state index in [9.17, 15) is 12.8 Å². The monoisotopic (exact) mass is 411 g/mol. The highest BCUT2D eigenvalue weighted by atomic mass is 32.2. The van der Waals surface area contributed by atoms with Gasteiger partial charge in [0.1, 0.15) is 4.90 Å². The summed E-state index contributed by atoms with van der Waals surface area (Å²) in [5.74, 6) is -0.433. The Morgan fingerprint density at radius 3 is 2.69 bits per heavy atom. The van der Waals surface area contributed by atoms with Gasteiger partial charge in [-0.05, 0) is 49.0 Å². The van der Waals surface area contributed by atoms with Crippen LogP contribution in [0.4, 0.5) is 15.9 Å². The van der Waals surface area contributed by atoms with Crippen molar-refractivity contribution in [1.82, 2.24) is 19.3 Å². The largest absolute Gasteiger partial charge is 0.338 e. The number of aromatic nitrogens is 3.